The van der Waals surface area contributed by atoms with Crippen LogP contribution in [0, 0.1) is 5.92 Å². The molecule has 0 aliphatic carbocycles. The predicted octanol–water partition coefficient (Wildman–Crippen LogP) is 1.24. The molecule has 0 bridgehead atoms. The monoisotopic (exact) mass is 432 g/mol. The lowest BCUT2D eigenvalue weighted by molar-refractivity contribution is 0.274. The Bertz CT molecular complexity index is 418. The van der Waals surface area contributed by atoms with E-state index >= 15 is 0 Å². The highest BCUT2D eigenvalue weighted by Crippen LogP contribution is 2.15. The molecule has 0 aromatic heterocycles. The first-order chi connectivity index (χ1) is 9.34. The van der Waals surface area contributed by atoms with Crippen molar-refractivity contribution in [3.05, 3.63) is 0 Å². The minimum absolute atomic E-state index is 0. The molecule has 0 atom stereocenters. The number of hydrogen-bond donors (Lipinski definition) is 2. The van der Waals surface area contributed by atoms with Gasteiger partial charge in [0, 0.05) is 32.7 Å². The third-order valence-electron chi connectivity index (χ3n) is 3.36. The molecule has 0 saturated carbocycles. The van der Waals surface area contributed by atoms with Crippen molar-refractivity contribution in [3.63, 3.8) is 0 Å². The van der Waals surface area contributed by atoms with E-state index in [0.29, 0.717) is 6.54 Å². The average molecular weight is 432 g/mol. The summed E-state index contributed by atoms with van der Waals surface area (Å²) in [5.41, 5.74) is 0. The summed E-state index contributed by atoms with van der Waals surface area (Å²) in [5, 5.41) is 3.14. The van der Waals surface area contributed by atoms with Crippen molar-refractivity contribution < 1.29 is 8.42 Å². The molecule has 1 rings (SSSR count). The number of aliphatic imine (C=N–C) groups is 1. The summed E-state index contributed by atoms with van der Waals surface area (Å²) in [6.07, 6.45) is 2.32. The first-order valence-electron chi connectivity index (χ1n) is 7.29. The normalized spacial score (nSPS) is 17.8. The largest absolute Gasteiger partial charge is 0.355 e. The number of likely N-dealkylation sites (tertiary alicyclic amines) is 1. The van der Waals surface area contributed by atoms with Gasteiger partial charge in [-0.1, -0.05) is 6.92 Å². The molecule has 1 aliphatic heterocycles. The highest BCUT2D eigenvalue weighted by Gasteiger charge is 2.19. The van der Waals surface area contributed by atoms with Gasteiger partial charge in [-0.3, -0.25) is 4.99 Å². The zero-order chi connectivity index (χ0) is 15.2. The van der Waals surface area contributed by atoms with Gasteiger partial charge in [-0.15, -0.1) is 24.0 Å². The molecule has 0 unspecified atom stereocenters. The van der Waals surface area contributed by atoms with Crippen LogP contribution in [0.1, 0.15) is 33.6 Å². The van der Waals surface area contributed by atoms with Gasteiger partial charge in [-0.25, -0.2) is 13.1 Å². The number of nitrogens with one attached hydrogen (secondary N) is 2. The lowest BCUT2D eigenvalue weighted by Crippen LogP contribution is -2.47. The summed E-state index contributed by atoms with van der Waals surface area (Å²) in [6.45, 7) is 8.24. The van der Waals surface area contributed by atoms with Crippen molar-refractivity contribution >= 4 is 40.0 Å². The molecule has 0 radical (unpaired) electrons. The van der Waals surface area contributed by atoms with Crippen LogP contribution in [0.2, 0.25) is 0 Å². The molecule has 2 N–H and O–H groups in total. The molecule has 1 aliphatic rings. The molecule has 1 fully saturated rings. The molecule has 0 amide bonds. The summed E-state index contributed by atoms with van der Waals surface area (Å²) in [5.74, 6) is 1.63. The lowest BCUT2D eigenvalue weighted by Gasteiger charge is -2.32. The summed E-state index contributed by atoms with van der Waals surface area (Å²) < 4.78 is 26.0. The van der Waals surface area contributed by atoms with Crippen molar-refractivity contribution in [2.75, 3.05) is 32.4 Å². The Morgan fingerprint density at radius 1 is 1.33 bits per heavy atom. The fourth-order valence-corrected chi connectivity index (χ4v) is 3.47. The SMILES string of the molecule is CN=C(NCCS(=O)(=O)NC(C)C)N1CCC(C)CC1.I. The first kappa shape index (κ1) is 20.9. The van der Waals surface area contributed by atoms with Gasteiger partial charge in [0.2, 0.25) is 10.0 Å². The summed E-state index contributed by atoms with van der Waals surface area (Å²) in [4.78, 5) is 6.43. The molecule has 0 spiro atoms. The van der Waals surface area contributed by atoms with Crippen LogP contribution in [0.5, 0.6) is 0 Å². The van der Waals surface area contributed by atoms with Crippen LogP contribution in [0.15, 0.2) is 4.99 Å². The van der Waals surface area contributed by atoms with E-state index in [9.17, 15) is 8.42 Å². The van der Waals surface area contributed by atoms with E-state index in [0.717, 1.165) is 37.8 Å². The van der Waals surface area contributed by atoms with E-state index in [4.69, 9.17) is 0 Å². The Kier molecular flexibility index (Phi) is 9.79. The Hall–Kier alpha value is -0.0900. The molecule has 126 valence electrons. The van der Waals surface area contributed by atoms with Gasteiger partial charge in [0.1, 0.15) is 0 Å². The third-order valence-corrected chi connectivity index (χ3v) is 4.94. The summed E-state index contributed by atoms with van der Waals surface area (Å²) >= 11 is 0. The zero-order valence-electron chi connectivity index (χ0n) is 13.4. The Morgan fingerprint density at radius 3 is 2.38 bits per heavy atom. The van der Waals surface area contributed by atoms with Crippen LogP contribution in [0.4, 0.5) is 0 Å². The maximum Gasteiger partial charge on any atom is 0.213 e. The number of rotatable bonds is 5. The predicted molar refractivity (Wildman–Crippen MR) is 98.8 cm³/mol. The number of piperidine rings is 1. The van der Waals surface area contributed by atoms with Gasteiger partial charge in [0.25, 0.3) is 0 Å². The fraction of sp³-hybridized carbons (Fsp3) is 0.923. The number of guanidine groups is 1. The quantitative estimate of drug-likeness (QED) is 0.390. The molecule has 1 saturated heterocycles. The second-order valence-electron chi connectivity index (χ2n) is 5.73. The number of hydrogen-bond acceptors (Lipinski definition) is 3. The van der Waals surface area contributed by atoms with Crippen LogP contribution < -0.4 is 10.0 Å². The Balaban J connectivity index is 0.00000400. The van der Waals surface area contributed by atoms with Crippen LogP contribution in [-0.4, -0.2) is 57.8 Å². The number of halogens is 1. The van der Waals surface area contributed by atoms with E-state index in [1.54, 1.807) is 7.05 Å². The summed E-state index contributed by atoms with van der Waals surface area (Å²) in [7, 11) is -1.47. The second kappa shape index (κ2) is 9.83. The van der Waals surface area contributed by atoms with Crippen molar-refractivity contribution in [3.8, 4) is 0 Å². The molecule has 0 aromatic carbocycles. The van der Waals surface area contributed by atoms with Gasteiger partial charge in [-0.2, -0.15) is 0 Å². The molecule has 1 heterocycles. The van der Waals surface area contributed by atoms with Crippen molar-refractivity contribution in [1.29, 1.82) is 0 Å². The van der Waals surface area contributed by atoms with Gasteiger partial charge in [0.05, 0.1) is 5.75 Å². The van der Waals surface area contributed by atoms with E-state index in [2.05, 4.69) is 26.9 Å². The highest BCUT2D eigenvalue weighted by atomic mass is 127. The van der Waals surface area contributed by atoms with Crippen LogP contribution >= 0.6 is 24.0 Å². The van der Waals surface area contributed by atoms with E-state index in [-0.39, 0.29) is 35.8 Å². The Labute approximate surface area is 146 Å². The van der Waals surface area contributed by atoms with E-state index < -0.39 is 10.0 Å². The number of nitrogens with zero attached hydrogens (tertiary/aromatic N) is 2. The first-order valence-corrected chi connectivity index (χ1v) is 8.95. The topological polar surface area (TPSA) is 73.8 Å². The molecular weight excluding hydrogens is 403 g/mol. The van der Waals surface area contributed by atoms with E-state index in [1.807, 2.05) is 13.8 Å². The zero-order valence-corrected chi connectivity index (χ0v) is 16.6. The summed E-state index contributed by atoms with van der Waals surface area (Å²) in [6, 6.07) is -0.0668. The minimum atomic E-state index is -3.21. The van der Waals surface area contributed by atoms with Crippen molar-refractivity contribution in [1.82, 2.24) is 14.9 Å². The van der Waals surface area contributed by atoms with Crippen LogP contribution in [0.25, 0.3) is 0 Å². The fourth-order valence-electron chi connectivity index (χ4n) is 2.27. The van der Waals surface area contributed by atoms with Gasteiger partial charge < -0.3 is 10.2 Å². The van der Waals surface area contributed by atoms with Crippen molar-refractivity contribution in [2.24, 2.45) is 10.9 Å². The van der Waals surface area contributed by atoms with Gasteiger partial charge in [-0.05, 0) is 32.6 Å². The minimum Gasteiger partial charge on any atom is -0.355 e. The van der Waals surface area contributed by atoms with Gasteiger partial charge >= 0.3 is 0 Å². The standard InChI is InChI=1S/C13H28N4O2S.HI/c1-11(2)16-20(18,19)10-7-15-13(14-4)17-8-5-12(3)6-9-17;/h11-12,16H,5-10H2,1-4H3,(H,14,15);1H. The second-order valence-corrected chi connectivity index (χ2v) is 7.61. The maximum absolute atomic E-state index is 11.7. The maximum atomic E-state index is 11.7. The highest BCUT2D eigenvalue weighted by molar-refractivity contribution is 14.0. The third kappa shape index (κ3) is 8.20. The molecule has 0 aromatic rings. The van der Waals surface area contributed by atoms with Crippen molar-refractivity contribution in [2.45, 2.75) is 39.7 Å². The van der Waals surface area contributed by atoms with Crippen LogP contribution in [-0.2, 0) is 10.0 Å². The van der Waals surface area contributed by atoms with Crippen LogP contribution in [0.3, 0.4) is 0 Å². The van der Waals surface area contributed by atoms with Gasteiger partial charge in [0.15, 0.2) is 5.96 Å². The molecule has 8 heteroatoms. The number of sulfonamides is 1. The molecule has 6 nitrogen and oxygen atoms in total. The smallest absolute Gasteiger partial charge is 0.213 e. The molecular formula is C13H29IN4O2S. The average Bonchev–Trinajstić information content (AvgIpc) is 2.34. The Morgan fingerprint density at radius 2 is 1.90 bits per heavy atom. The molecule has 21 heavy (non-hydrogen) atoms. The van der Waals surface area contributed by atoms with E-state index in [1.165, 1.54) is 0 Å². The lowest BCUT2D eigenvalue weighted by atomic mass is 10.00.